The second-order valence-corrected chi connectivity index (χ2v) is 5.06. The summed E-state index contributed by atoms with van der Waals surface area (Å²) >= 11 is 6.11. The topological polar surface area (TPSA) is 0 Å². The molecule has 0 aromatic heterocycles. The minimum atomic E-state index is -0.121. The van der Waals surface area contributed by atoms with E-state index >= 15 is 0 Å². The van der Waals surface area contributed by atoms with Gasteiger partial charge in [-0.05, 0) is 52.4 Å². The molecular formula is C15H16ClF. The fourth-order valence-corrected chi connectivity index (χ4v) is 2.55. The van der Waals surface area contributed by atoms with Crippen LogP contribution in [0.2, 0.25) is 5.02 Å². The summed E-state index contributed by atoms with van der Waals surface area (Å²) in [5, 5.41) is 2.78. The van der Waals surface area contributed by atoms with Crippen molar-refractivity contribution >= 4 is 22.4 Å². The number of aryl methyl sites for hydroxylation is 1. The molecule has 0 aliphatic carbocycles. The van der Waals surface area contributed by atoms with Gasteiger partial charge in [-0.3, -0.25) is 0 Å². The van der Waals surface area contributed by atoms with E-state index in [1.165, 1.54) is 6.07 Å². The van der Waals surface area contributed by atoms with E-state index < -0.39 is 0 Å². The molecule has 2 rings (SSSR count). The Balaban J connectivity index is 2.91. The summed E-state index contributed by atoms with van der Waals surface area (Å²) in [6.45, 7) is 6.20. The minimum absolute atomic E-state index is 0.121. The fraction of sp³-hybridized carbons (Fsp3) is 0.333. The summed E-state index contributed by atoms with van der Waals surface area (Å²) in [5.74, 6) is 0.215. The lowest BCUT2D eigenvalue weighted by Crippen LogP contribution is -1.97. The van der Waals surface area contributed by atoms with Gasteiger partial charge in [-0.1, -0.05) is 38.4 Å². The first-order valence-corrected chi connectivity index (χ1v) is 6.33. The van der Waals surface area contributed by atoms with Gasteiger partial charge in [-0.2, -0.15) is 0 Å². The molecule has 2 heteroatoms. The third kappa shape index (κ3) is 2.16. The lowest BCUT2D eigenvalue weighted by Gasteiger charge is -2.15. The second-order valence-electron chi connectivity index (χ2n) is 4.63. The molecule has 0 saturated heterocycles. The zero-order valence-electron chi connectivity index (χ0n) is 10.3. The van der Waals surface area contributed by atoms with Gasteiger partial charge in [0.25, 0.3) is 0 Å². The second kappa shape index (κ2) is 4.66. The first-order chi connectivity index (χ1) is 8.04. The van der Waals surface area contributed by atoms with Gasteiger partial charge in [-0.25, -0.2) is 4.39 Å². The van der Waals surface area contributed by atoms with Crippen molar-refractivity contribution in [3.63, 3.8) is 0 Å². The predicted molar refractivity (Wildman–Crippen MR) is 72.4 cm³/mol. The Morgan fingerprint density at radius 1 is 1.24 bits per heavy atom. The first-order valence-electron chi connectivity index (χ1n) is 5.95. The number of hydrogen-bond acceptors (Lipinski definition) is 0. The zero-order valence-corrected chi connectivity index (χ0v) is 11.1. The van der Waals surface area contributed by atoms with Gasteiger partial charge in [0.15, 0.2) is 0 Å². The maximum atomic E-state index is 13.8. The highest BCUT2D eigenvalue weighted by molar-refractivity contribution is 6.31. The van der Waals surface area contributed by atoms with Crippen LogP contribution in [0.4, 0.5) is 4.39 Å². The van der Waals surface area contributed by atoms with Crippen LogP contribution < -0.4 is 0 Å². The smallest absolute Gasteiger partial charge is 0.127 e. The Kier molecular flexibility index (Phi) is 3.39. The summed E-state index contributed by atoms with van der Waals surface area (Å²) in [4.78, 5) is 0. The van der Waals surface area contributed by atoms with E-state index in [-0.39, 0.29) is 5.82 Å². The molecule has 0 spiro atoms. The summed E-state index contributed by atoms with van der Waals surface area (Å²) < 4.78 is 13.8. The molecule has 0 aliphatic heterocycles. The molecule has 2 aromatic rings. The monoisotopic (exact) mass is 250 g/mol. The van der Waals surface area contributed by atoms with Gasteiger partial charge in [0.2, 0.25) is 0 Å². The Bertz CT molecular complexity index is 558. The molecule has 0 saturated carbocycles. The average Bonchev–Trinajstić information content (AvgIpc) is 2.28. The molecule has 0 amide bonds. The zero-order chi connectivity index (χ0) is 12.6. The molecule has 0 N–H and O–H groups in total. The minimum Gasteiger partial charge on any atom is -0.207 e. The Morgan fingerprint density at radius 2 is 1.94 bits per heavy atom. The molecular weight excluding hydrogens is 235 g/mol. The lowest BCUT2D eigenvalue weighted by atomic mass is 9.91. The van der Waals surface area contributed by atoms with Crippen LogP contribution in [-0.2, 0) is 6.42 Å². The summed E-state index contributed by atoms with van der Waals surface area (Å²) in [6, 6.07) is 7.19. The number of halogens is 2. The first kappa shape index (κ1) is 12.4. The molecule has 0 fully saturated rings. The number of hydrogen-bond donors (Lipinski definition) is 0. The number of fused-ring (bicyclic) bond motifs is 1. The van der Waals surface area contributed by atoms with E-state index in [1.54, 1.807) is 0 Å². The van der Waals surface area contributed by atoms with E-state index in [0.29, 0.717) is 12.3 Å². The van der Waals surface area contributed by atoms with Gasteiger partial charge >= 0.3 is 0 Å². The molecule has 17 heavy (non-hydrogen) atoms. The van der Waals surface area contributed by atoms with Gasteiger partial charge in [0, 0.05) is 5.02 Å². The van der Waals surface area contributed by atoms with Crippen LogP contribution in [0.3, 0.4) is 0 Å². The summed E-state index contributed by atoms with van der Waals surface area (Å²) in [7, 11) is 0. The van der Waals surface area contributed by atoms with E-state index in [1.807, 2.05) is 25.1 Å². The van der Waals surface area contributed by atoms with Crippen LogP contribution in [-0.4, -0.2) is 0 Å². The van der Waals surface area contributed by atoms with E-state index in [4.69, 9.17) is 11.6 Å². The van der Waals surface area contributed by atoms with E-state index in [2.05, 4.69) is 13.8 Å². The lowest BCUT2D eigenvalue weighted by molar-refractivity contribution is 0.614. The molecule has 0 nitrogen and oxygen atoms in total. The summed E-state index contributed by atoms with van der Waals surface area (Å²) in [5.41, 5.74) is 1.92. The van der Waals surface area contributed by atoms with Crippen LogP contribution >= 0.6 is 11.6 Å². The molecule has 0 aliphatic rings. The van der Waals surface area contributed by atoms with Gasteiger partial charge < -0.3 is 0 Å². The molecule has 0 unspecified atom stereocenters. The van der Waals surface area contributed by atoms with Crippen molar-refractivity contribution < 1.29 is 4.39 Å². The van der Waals surface area contributed by atoms with Crippen molar-refractivity contribution in [1.82, 2.24) is 0 Å². The number of benzene rings is 2. The van der Waals surface area contributed by atoms with Crippen LogP contribution in [0.25, 0.3) is 10.8 Å². The maximum Gasteiger partial charge on any atom is 0.127 e. The summed E-state index contributed by atoms with van der Waals surface area (Å²) in [6.07, 6.45) is 0.699. The van der Waals surface area contributed by atoms with E-state index in [9.17, 15) is 4.39 Å². The Hall–Kier alpha value is -1.08. The normalized spacial score (nSPS) is 11.4. The standard InChI is InChI=1S/C15H16ClF/c1-4-12-14(17)6-5-10-7-11(16)8-13(9(2)3)15(10)12/h5-9H,4H2,1-3H3. The fourth-order valence-electron chi connectivity index (χ4n) is 2.31. The average molecular weight is 251 g/mol. The van der Waals surface area contributed by atoms with Crippen molar-refractivity contribution in [1.29, 1.82) is 0 Å². The molecule has 0 bridgehead atoms. The molecule has 0 atom stereocenters. The quantitative estimate of drug-likeness (QED) is 0.677. The Morgan fingerprint density at radius 3 is 2.53 bits per heavy atom. The number of rotatable bonds is 2. The Labute approximate surface area is 106 Å². The van der Waals surface area contributed by atoms with Crippen LogP contribution in [0.1, 0.15) is 37.8 Å². The van der Waals surface area contributed by atoms with Gasteiger partial charge in [0.1, 0.15) is 5.82 Å². The van der Waals surface area contributed by atoms with Crippen LogP contribution in [0.5, 0.6) is 0 Å². The predicted octanol–water partition coefficient (Wildman–Crippen LogP) is 5.32. The van der Waals surface area contributed by atoms with Crippen LogP contribution in [0.15, 0.2) is 24.3 Å². The van der Waals surface area contributed by atoms with Crippen molar-refractivity contribution in [2.24, 2.45) is 0 Å². The molecule has 0 radical (unpaired) electrons. The highest BCUT2D eigenvalue weighted by atomic mass is 35.5. The highest BCUT2D eigenvalue weighted by Crippen LogP contribution is 2.33. The van der Waals surface area contributed by atoms with Crippen LogP contribution in [0, 0.1) is 5.82 Å². The maximum absolute atomic E-state index is 13.8. The van der Waals surface area contributed by atoms with Gasteiger partial charge in [0.05, 0.1) is 0 Å². The van der Waals surface area contributed by atoms with Crippen molar-refractivity contribution in [2.75, 3.05) is 0 Å². The van der Waals surface area contributed by atoms with Gasteiger partial charge in [-0.15, -0.1) is 0 Å². The third-order valence-corrected chi connectivity index (χ3v) is 3.36. The SMILES string of the molecule is CCc1c(F)ccc2cc(Cl)cc(C(C)C)c12. The molecule has 0 heterocycles. The molecule has 90 valence electrons. The highest BCUT2D eigenvalue weighted by Gasteiger charge is 2.13. The third-order valence-electron chi connectivity index (χ3n) is 3.14. The molecule has 2 aromatic carbocycles. The van der Waals surface area contributed by atoms with E-state index in [0.717, 1.165) is 26.9 Å². The van der Waals surface area contributed by atoms with Crippen molar-refractivity contribution in [3.8, 4) is 0 Å². The largest absolute Gasteiger partial charge is 0.207 e. The van der Waals surface area contributed by atoms with Crippen molar-refractivity contribution in [3.05, 3.63) is 46.2 Å². The van der Waals surface area contributed by atoms with Crippen molar-refractivity contribution in [2.45, 2.75) is 33.1 Å².